The average molecular weight is 322 g/mol. The molecule has 0 bridgehead atoms. The van der Waals surface area contributed by atoms with E-state index in [9.17, 15) is 9.59 Å². The second-order valence-electron chi connectivity index (χ2n) is 5.20. The standard InChI is InChI=1S/C14H27N3O3.ClH/c1-16(13(18)6-4-2-3-5-7-15)12-14(19)17-8-10-20-11-9-17;/h2-12,15H2,1H3;1H. The Balaban J connectivity index is 0.00000400. The van der Waals surface area contributed by atoms with Crippen molar-refractivity contribution in [3.05, 3.63) is 0 Å². The fourth-order valence-corrected chi connectivity index (χ4v) is 2.17. The molecule has 2 N–H and O–H groups in total. The first kappa shape index (κ1) is 20.1. The molecular formula is C14H28ClN3O3. The van der Waals surface area contributed by atoms with Crippen LogP contribution < -0.4 is 5.73 Å². The molecule has 1 aliphatic rings. The van der Waals surface area contributed by atoms with Crippen molar-refractivity contribution in [3.8, 4) is 0 Å². The van der Waals surface area contributed by atoms with E-state index >= 15 is 0 Å². The highest BCUT2D eigenvalue weighted by atomic mass is 35.5. The number of ether oxygens (including phenoxy) is 1. The number of nitrogens with two attached hydrogens (primary N) is 1. The van der Waals surface area contributed by atoms with Gasteiger partial charge in [-0.05, 0) is 19.4 Å². The predicted octanol–water partition coefficient (Wildman–Crippen LogP) is 0.635. The van der Waals surface area contributed by atoms with Crippen molar-refractivity contribution in [2.75, 3.05) is 46.4 Å². The highest BCUT2D eigenvalue weighted by Gasteiger charge is 2.19. The molecule has 1 heterocycles. The molecule has 124 valence electrons. The number of unbranched alkanes of at least 4 members (excludes halogenated alkanes) is 3. The Kier molecular flexibility index (Phi) is 11.3. The second kappa shape index (κ2) is 11.8. The summed E-state index contributed by atoms with van der Waals surface area (Å²) in [6.45, 7) is 3.30. The van der Waals surface area contributed by atoms with E-state index in [2.05, 4.69) is 0 Å². The predicted molar refractivity (Wildman–Crippen MR) is 84.4 cm³/mol. The second-order valence-corrected chi connectivity index (χ2v) is 5.20. The molecular weight excluding hydrogens is 294 g/mol. The first-order valence-electron chi connectivity index (χ1n) is 7.44. The maximum atomic E-state index is 12.0. The topological polar surface area (TPSA) is 75.9 Å². The molecule has 7 heteroatoms. The SMILES string of the molecule is CN(CC(=O)N1CCOCC1)C(=O)CCCCCCN.Cl. The molecule has 6 nitrogen and oxygen atoms in total. The van der Waals surface area contributed by atoms with Crippen LogP contribution in [0.5, 0.6) is 0 Å². The molecule has 0 atom stereocenters. The maximum absolute atomic E-state index is 12.0. The molecule has 0 unspecified atom stereocenters. The molecule has 1 fully saturated rings. The highest BCUT2D eigenvalue weighted by Crippen LogP contribution is 2.05. The summed E-state index contributed by atoms with van der Waals surface area (Å²) in [5.41, 5.74) is 5.42. The van der Waals surface area contributed by atoms with Crippen LogP contribution in [0.4, 0.5) is 0 Å². The van der Waals surface area contributed by atoms with E-state index in [0.29, 0.717) is 39.3 Å². The van der Waals surface area contributed by atoms with Gasteiger partial charge in [-0.2, -0.15) is 0 Å². The van der Waals surface area contributed by atoms with Gasteiger partial charge in [0.05, 0.1) is 19.8 Å². The Labute approximate surface area is 133 Å². The van der Waals surface area contributed by atoms with Gasteiger partial charge in [-0.1, -0.05) is 12.8 Å². The van der Waals surface area contributed by atoms with Gasteiger partial charge in [-0.3, -0.25) is 9.59 Å². The van der Waals surface area contributed by atoms with Gasteiger partial charge in [0, 0.05) is 26.6 Å². The van der Waals surface area contributed by atoms with Crippen molar-refractivity contribution in [1.82, 2.24) is 9.80 Å². The van der Waals surface area contributed by atoms with Crippen LogP contribution in [0, 0.1) is 0 Å². The van der Waals surface area contributed by atoms with Crippen LogP contribution in [0.25, 0.3) is 0 Å². The smallest absolute Gasteiger partial charge is 0.242 e. The van der Waals surface area contributed by atoms with Crippen LogP contribution in [0.3, 0.4) is 0 Å². The number of likely N-dealkylation sites (N-methyl/N-ethyl adjacent to an activating group) is 1. The summed E-state index contributed by atoms with van der Waals surface area (Å²) in [6.07, 6.45) is 4.49. The average Bonchev–Trinajstić information content (AvgIpc) is 2.47. The van der Waals surface area contributed by atoms with Crippen molar-refractivity contribution >= 4 is 24.2 Å². The van der Waals surface area contributed by atoms with Crippen LogP contribution in [0.1, 0.15) is 32.1 Å². The van der Waals surface area contributed by atoms with Crippen LogP contribution in [-0.2, 0) is 14.3 Å². The van der Waals surface area contributed by atoms with Crippen molar-refractivity contribution in [2.24, 2.45) is 5.73 Å². The highest BCUT2D eigenvalue weighted by molar-refractivity contribution is 5.85. The fourth-order valence-electron chi connectivity index (χ4n) is 2.17. The van der Waals surface area contributed by atoms with Crippen molar-refractivity contribution in [2.45, 2.75) is 32.1 Å². The van der Waals surface area contributed by atoms with E-state index in [-0.39, 0.29) is 30.8 Å². The van der Waals surface area contributed by atoms with E-state index < -0.39 is 0 Å². The fraction of sp³-hybridized carbons (Fsp3) is 0.857. The molecule has 0 radical (unpaired) electrons. The lowest BCUT2D eigenvalue weighted by atomic mass is 10.1. The van der Waals surface area contributed by atoms with Gasteiger partial charge in [-0.25, -0.2) is 0 Å². The Morgan fingerprint density at radius 3 is 2.38 bits per heavy atom. The number of amides is 2. The quantitative estimate of drug-likeness (QED) is 0.665. The summed E-state index contributed by atoms with van der Waals surface area (Å²) in [5.74, 6) is 0.0478. The monoisotopic (exact) mass is 321 g/mol. The number of hydrogen-bond donors (Lipinski definition) is 1. The summed E-state index contributed by atoms with van der Waals surface area (Å²) in [7, 11) is 1.70. The molecule has 0 aromatic heterocycles. The molecule has 0 aliphatic carbocycles. The Morgan fingerprint density at radius 2 is 1.76 bits per heavy atom. The lowest BCUT2D eigenvalue weighted by Crippen LogP contribution is -2.46. The maximum Gasteiger partial charge on any atom is 0.242 e. The van der Waals surface area contributed by atoms with E-state index in [0.717, 1.165) is 25.7 Å². The zero-order valence-electron chi connectivity index (χ0n) is 12.9. The van der Waals surface area contributed by atoms with Crippen LogP contribution in [0.15, 0.2) is 0 Å². The van der Waals surface area contributed by atoms with Crippen molar-refractivity contribution < 1.29 is 14.3 Å². The zero-order chi connectivity index (χ0) is 14.8. The largest absolute Gasteiger partial charge is 0.378 e. The van der Waals surface area contributed by atoms with Gasteiger partial charge in [0.25, 0.3) is 0 Å². The van der Waals surface area contributed by atoms with Crippen molar-refractivity contribution in [3.63, 3.8) is 0 Å². The van der Waals surface area contributed by atoms with E-state index in [1.165, 1.54) is 4.90 Å². The number of nitrogens with zero attached hydrogens (tertiary/aromatic N) is 2. The van der Waals surface area contributed by atoms with Crippen LogP contribution in [-0.4, -0.2) is 68.1 Å². The van der Waals surface area contributed by atoms with Crippen LogP contribution >= 0.6 is 12.4 Å². The Bertz CT molecular complexity index is 310. The summed E-state index contributed by atoms with van der Waals surface area (Å²) in [6, 6.07) is 0. The Morgan fingerprint density at radius 1 is 1.14 bits per heavy atom. The molecule has 0 aromatic rings. The normalized spacial score (nSPS) is 14.5. The lowest BCUT2D eigenvalue weighted by molar-refractivity contribution is -0.141. The number of carbonyl (C=O) groups excluding carboxylic acids is 2. The molecule has 1 saturated heterocycles. The number of hydrogen-bond acceptors (Lipinski definition) is 4. The summed E-state index contributed by atoms with van der Waals surface area (Å²) in [4.78, 5) is 27.2. The van der Waals surface area contributed by atoms with Gasteiger partial charge < -0.3 is 20.3 Å². The molecule has 0 spiro atoms. The minimum Gasteiger partial charge on any atom is -0.378 e. The first-order valence-corrected chi connectivity index (χ1v) is 7.44. The van der Waals surface area contributed by atoms with Gasteiger partial charge in [0.15, 0.2) is 0 Å². The number of halogens is 1. The zero-order valence-corrected chi connectivity index (χ0v) is 13.7. The first-order chi connectivity index (χ1) is 9.65. The Hall–Kier alpha value is -0.850. The minimum atomic E-state index is 0. The van der Waals surface area contributed by atoms with Gasteiger partial charge in [0.2, 0.25) is 11.8 Å². The van der Waals surface area contributed by atoms with Crippen LogP contribution in [0.2, 0.25) is 0 Å². The molecule has 0 saturated carbocycles. The summed E-state index contributed by atoms with van der Waals surface area (Å²) >= 11 is 0. The van der Waals surface area contributed by atoms with Crippen molar-refractivity contribution in [1.29, 1.82) is 0 Å². The third-order valence-electron chi connectivity index (χ3n) is 3.51. The van der Waals surface area contributed by atoms with E-state index in [1.54, 1.807) is 11.9 Å². The van der Waals surface area contributed by atoms with Gasteiger partial charge >= 0.3 is 0 Å². The molecule has 1 aliphatic heterocycles. The summed E-state index contributed by atoms with van der Waals surface area (Å²) < 4.78 is 5.20. The molecule has 1 rings (SSSR count). The molecule has 2 amide bonds. The third kappa shape index (κ3) is 8.24. The number of rotatable bonds is 8. The lowest BCUT2D eigenvalue weighted by Gasteiger charge is -2.28. The molecule has 0 aromatic carbocycles. The third-order valence-corrected chi connectivity index (χ3v) is 3.51. The van der Waals surface area contributed by atoms with Gasteiger partial charge in [0.1, 0.15) is 0 Å². The number of morpholine rings is 1. The van der Waals surface area contributed by atoms with E-state index in [1.807, 2.05) is 0 Å². The number of carbonyl (C=O) groups is 2. The molecule has 21 heavy (non-hydrogen) atoms. The minimum absolute atomic E-state index is 0. The van der Waals surface area contributed by atoms with E-state index in [4.69, 9.17) is 10.5 Å². The summed E-state index contributed by atoms with van der Waals surface area (Å²) in [5, 5.41) is 0. The van der Waals surface area contributed by atoms with Gasteiger partial charge in [-0.15, -0.1) is 12.4 Å².